The van der Waals surface area contributed by atoms with E-state index >= 15 is 0 Å². The quantitative estimate of drug-likeness (QED) is 0.685. The fourth-order valence-corrected chi connectivity index (χ4v) is 2.14. The summed E-state index contributed by atoms with van der Waals surface area (Å²) in [7, 11) is 0. The summed E-state index contributed by atoms with van der Waals surface area (Å²) in [6.07, 6.45) is 1.64. The molecule has 0 spiro atoms. The topological polar surface area (TPSA) is 67.6 Å². The SMILES string of the molecule is Cc1cc(C)c2nc(-c3ccc(N)cn3)[nH]c2c1. The van der Waals surface area contributed by atoms with Gasteiger partial charge in [0, 0.05) is 0 Å². The van der Waals surface area contributed by atoms with Crippen LogP contribution in [0.2, 0.25) is 0 Å². The molecule has 0 aliphatic carbocycles. The fourth-order valence-electron chi connectivity index (χ4n) is 2.14. The number of aromatic nitrogens is 3. The largest absolute Gasteiger partial charge is 0.397 e. The maximum Gasteiger partial charge on any atom is 0.157 e. The molecule has 0 amide bonds. The van der Waals surface area contributed by atoms with E-state index in [1.165, 1.54) is 11.1 Å². The fraction of sp³-hybridized carbons (Fsp3) is 0.143. The number of benzene rings is 1. The minimum Gasteiger partial charge on any atom is -0.397 e. The first-order chi connectivity index (χ1) is 8.63. The zero-order valence-electron chi connectivity index (χ0n) is 10.4. The number of fused-ring (bicyclic) bond motifs is 1. The summed E-state index contributed by atoms with van der Waals surface area (Å²) >= 11 is 0. The van der Waals surface area contributed by atoms with Crippen molar-refractivity contribution in [2.45, 2.75) is 13.8 Å². The maximum absolute atomic E-state index is 5.63. The normalized spacial score (nSPS) is 11.0. The van der Waals surface area contributed by atoms with Gasteiger partial charge in [-0.25, -0.2) is 4.98 Å². The average molecular weight is 238 g/mol. The Morgan fingerprint density at radius 1 is 1.17 bits per heavy atom. The first-order valence-electron chi connectivity index (χ1n) is 5.82. The number of rotatable bonds is 1. The van der Waals surface area contributed by atoms with Crippen LogP contribution in [0, 0.1) is 13.8 Å². The van der Waals surface area contributed by atoms with Crippen molar-refractivity contribution in [3.63, 3.8) is 0 Å². The molecule has 0 radical (unpaired) electrons. The molecule has 0 bridgehead atoms. The van der Waals surface area contributed by atoms with Crippen LogP contribution < -0.4 is 5.73 Å². The Morgan fingerprint density at radius 3 is 2.72 bits per heavy atom. The van der Waals surface area contributed by atoms with Crippen LogP contribution in [-0.4, -0.2) is 15.0 Å². The van der Waals surface area contributed by atoms with E-state index in [0.717, 1.165) is 22.6 Å². The van der Waals surface area contributed by atoms with Gasteiger partial charge in [-0.15, -0.1) is 0 Å². The Hall–Kier alpha value is -2.36. The van der Waals surface area contributed by atoms with Gasteiger partial charge in [0.15, 0.2) is 5.82 Å². The number of H-pyrrole nitrogens is 1. The number of hydrogen-bond acceptors (Lipinski definition) is 3. The van der Waals surface area contributed by atoms with Crippen LogP contribution in [-0.2, 0) is 0 Å². The smallest absolute Gasteiger partial charge is 0.157 e. The van der Waals surface area contributed by atoms with Gasteiger partial charge < -0.3 is 10.7 Å². The van der Waals surface area contributed by atoms with E-state index in [1.807, 2.05) is 12.1 Å². The Morgan fingerprint density at radius 2 is 2.00 bits per heavy atom. The van der Waals surface area contributed by atoms with E-state index in [1.54, 1.807) is 6.20 Å². The van der Waals surface area contributed by atoms with E-state index in [0.29, 0.717) is 5.69 Å². The van der Waals surface area contributed by atoms with Crippen LogP contribution in [0.3, 0.4) is 0 Å². The standard InChI is InChI=1S/C14H14N4/c1-8-5-9(2)13-12(6-8)17-14(18-13)11-4-3-10(15)7-16-11/h3-7H,15H2,1-2H3,(H,17,18). The van der Waals surface area contributed by atoms with Crippen molar-refractivity contribution >= 4 is 16.7 Å². The highest BCUT2D eigenvalue weighted by Crippen LogP contribution is 2.22. The Balaban J connectivity index is 2.19. The molecular weight excluding hydrogens is 224 g/mol. The molecule has 2 heterocycles. The van der Waals surface area contributed by atoms with Crippen molar-refractivity contribution in [3.8, 4) is 11.5 Å². The summed E-state index contributed by atoms with van der Waals surface area (Å²) in [5.74, 6) is 0.777. The van der Waals surface area contributed by atoms with E-state index in [2.05, 4.69) is 40.9 Å². The Labute approximate surface area is 105 Å². The van der Waals surface area contributed by atoms with Crippen LogP contribution in [0.25, 0.3) is 22.6 Å². The first kappa shape index (κ1) is 10.8. The number of hydrogen-bond donors (Lipinski definition) is 2. The highest BCUT2D eigenvalue weighted by Gasteiger charge is 2.08. The number of aryl methyl sites for hydroxylation is 2. The van der Waals surface area contributed by atoms with Crippen molar-refractivity contribution in [1.82, 2.24) is 15.0 Å². The predicted molar refractivity (Wildman–Crippen MR) is 73.2 cm³/mol. The van der Waals surface area contributed by atoms with Gasteiger partial charge in [0.25, 0.3) is 0 Å². The van der Waals surface area contributed by atoms with Gasteiger partial charge >= 0.3 is 0 Å². The minimum absolute atomic E-state index is 0.655. The number of nitrogens with zero attached hydrogens (tertiary/aromatic N) is 2. The van der Waals surface area contributed by atoms with Crippen molar-refractivity contribution < 1.29 is 0 Å². The molecule has 4 nitrogen and oxygen atoms in total. The second-order valence-electron chi connectivity index (χ2n) is 4.54. The summed E-state index contributed by atoms with van der Waals surface area (Å²) in [6.45, 7) is 4.14. The van der Waals surface area contributed by atoms with Crippen LogP contribution in [0.4, 0.5) is 5.69 Å². The zero-order chi connectivity index (χ0) is 12.7. The molecule has 0 atom stereocenters. The number of aromatic amines is 1. The van der Waals surface area contributed by atoms with Gasteiger partial charge in [-0.2, -0.15) is 0 Å². The lowest BCUT2D eigenvalue weighted by Crippen LogP contribution is -1.89. The van der Waals surface area contributed by atoms with Crippen molar-refractivity contribution in [2.24, 2.45) is 0 Å². The molecule has 90 valence electrons. The molecule has 0 unspecified atom stereocenters. The number of nitrogen functional groups attached to an aromatic ring is 1. The van der Waals surface area contributed by atoms with Crippen LogP contribution >= 0.6 is 0 Å². The van der Waals surface area contributed by atoms with Gasteiger partial charge in [0.05, 0.1) is 22.9 Å². The van der Waals surface area contributed by atoms with Crippen molar-refractivity contribution in [1.29, 1.82) is 0 Å². The van der Waals surface area contributed by atoms with E-state index in [9.17, 15) is 0 Å². The first-order valence-corrected chi connectivity index (χ1v) is 5.82. The van der Waals surface area contributed by atoms with Gasteiger partial charge in [0.2, 0.25) is 0 Å². The van der Waals surface area contributed by atoms with E-state index < -0.39 is 0 Å². The van der Waals surface area contributed by atoms with E-state index in [-0.39, 0.29) is 0 Å². The molecule has 0 saturated heterocycles. The molecule has 2 aromatic heterocycles. The second kappa shape index (κ2) is 3.84. The Bertz CT molecular complexity index is 710. The third-order valence-electron chi connectivity index (χ3n) is 2.95. The molecule has 0 aliphatic rings. The summed E-state index contributed by atoms with van der Waals surface area (Å²) in [4.78, 5) is 12.2. The van der Waals surface area contributed by atoms with Crippen LogP contribution in [0.1, 0.15) is 11.1 Å². The molecule has 1 aromatic carbocycles. The number of nitrogens with two attached hydrogens (primary N) is 1. The third-order valence-corrected chi connectivity index (χ3v) is 2.95. The minimum atomic E-state index is 0.655. The summed E-state index contributed by atoms with van der Waals surface area (Å²) < 4.78 is 0. The molecule has 3 rings (SSSR count). The number of nitrogens with one attached hydrogen (secondary N) is 1. The summed E-state index contributed by atoms with van der Waals surface area (Å²) in [5.41, 5.74) is 11.5. The zero-order valence-corrected chi connectivity index (χ0v) is 10.4. The molecule has 0 fully saturated rings. The van der Waals surface area contributed by atoms with Crippen LogP contribution in [0.15, 0.2) is 30.5 Å². The van der Waals surface area contributed by atoms with Crippen molar-refractivity contribution in [3.05, 3.63) is 41.6 Å². The van der Waals surface area contributed by atoms with Gasteiger partial charge in [-0.05, 0) is 43.2 Å². The lowest BCUT2D eigenvalue weighted by Gasteiger charge is -1.96. The highest BCUT2D eigenvalue weighted by molar-refractivity contribution is 5.82. The number of imidazole rings is 1. The summed E-state index contributed by atoms with van der Waals surface area (Å²) in [5, 5.41) is 0. The van der Waals surface area contributed by atoms with Crippen LogP contribution in [0.5, 0.6) is 0 Å². The van der Waals surface area contributed by atoms with Gasteiger partial charge in [-0.1, -0.05) is 6.07 Å². The monoisotopic (exact) mass is 238 g/mol. The van der Waals surface area contributed by atoms with Gasteiger partial charge in [-0.3, -0.25) is 4.98 Å². The lowest BCUT2D eigenvalue weighted by molar-refractivity contribution is 1.24. The number of anilines is 1. The molecule has 0 aliphatic heterocycles. The van der Waals surface area contributed by atoms with Crippen molar-refractivity contribution in [2.75, 3.05) is 5.73 Å². The second-order valence-corrected chi connectivity index (χ2v) is 4.54. The van der Waals surface area contributed by atoms with E-state index in [4.69, 9.17) is 5.73 Å². The molecule has 3 aromatic rings. The molecule has 18 heavy (non-hydrogen) atoms. The average Bonchev–Trinajstić information content (AvgIpc) is 2.74. The predicted octanol–water partition coefficient (Wildman–Crippen LogP) is 2.82. The highest BCUT2D eigenvalue weighted by atomic mass is 14.9. The third kappa shape index (κ3) is 1.72. The summed E-state index contributed by atoms with van der Waals surface area (Å²) in [6, 6.07) is 7.92. The molecule has 4 heteroatoms. The molecule has 3 N–H and O–H groups in total. The Kier molecular flexibility index (Phi) is 2.30. The number of pyridine rings is 1. The molecule has 0 saturated carbocycles. The maximum atomic E-state index is 5.63. The van der Waals surface area contributed by atoms with Gasteiger partial charge in [0.1, 0.15) is 5.69 Å². The molecular formula is C14H14N4. The lowest BCUT2D eigenvalue weighted by atomic mass is 10.1.